The lowest BCUT2D eigenvalue weighted by molar-refractivity contribution is -0.453. The highest BCUT2D eigenvalue weighted by Crippen LogP contribution is 2.78. The first kappa shape index (κ1) is 109. The van der Waals surface area contributed by atoms with E-state index in [-0.39, 0.29) is 0 Å². The summed E-state index contributed by atoms with van der Waals surface area (Å²) in [5.41, 5.74) is 0. The Bertz CT molecular complexity index is 3220. The highest BCUT2D eigenvalue weighted by Gasteiger charge is 2.98. The molecule has 0 saturated carbocycles. The van der Waals surface area contributed by atoms with Crippen molar-refractivity contribution in [2.45, 2.75) is 198 Å². The fourth-order valence-corrected chi connectivity index (χ4v) is 14.4. The predicted molar refractivity (Wildman–Crippen MR) is 226 cm³/mol. The first-order valence-electron chi connectivity index (χ1n) is 25.4. The van der Waals surface area contributed by atoms with Gasteiger partial charge in [-0.15, -0.1) is 9.04 Å². The van der Waals surface area contributed by atoms with Crippen LogP contribution in [-0.2, 0) is 22.6 Å². The van der Waals surface area contributed by atoms with Crippen LogP contribution in [0.5, 0.6) is 0 Å². The third-order valence-electron chi connectivity index (χ3n) is 13.6. The second kappa shape index (κ2) is 29.2. The molecule has 0 aliphatic carbocycles. The smallest absolute Gasteiger partial charge is 0.297 e. The Hall–Kier alpha value is -4.26. The molecule has 0 radical (unpaired) electrons. The minimum Gasteiger partial charge on any atom is -0.297 e. The van der Waals surface area contributed by atoms with Crippen LogP contribution in [0.1, 0.15) is 13.3 Å². The largest absolute Gasteiger partial charge is 0.547 e. The summed E-state index contributed by atoms with van der Waals surface area (Å²) >= 11 is 0. The number of alkyl halides is 66. The monoisotopic (exact) mass is 1940 g/mol. The second-order valence-corrected chi connectivity index (χ2v) is 27.4. The Morgan fingerprint density at radius 1 is 0.191 bits per heavy atom. The van der Waals surface area contributed by atoms with E-state index in [2.05, 4.69) is 22.6 Å². The lowest BCUT2D eigenvalue weighted by atomic mass is 9.91. The van der Waals surface area contributed by atoms with Crippen LogP contribution in [-0.4, -0.2) is 218 Å². The molecule has 1 aliphatic heterocycles. The van der Waals surface area contributed by atoms with Crippen LogP contribution < -0.4 is 0 Å². The van der Waals surface area contributed by atoms with E-state index in [1.807, 2.05) is 0 Å². The van der Waals surface area contributed by atoms with Crippen molar-refractivity contribution in [2.24, 2.45) is 13.5 Å². The molecule has 0 bridgehead atoms. The summed E-state index contributed by atoms with van der Waals surface area (Å²) < 4.78 is 955. The first-order valence-corrected chi connectivity index (χ1v) is 29.6. The summed E-state index contributed by atoms with van der Waals surface area (Å²) in [6.45, 7) is -29.2. The van der Waals surface area contributed by atoms with Gasteiger partial charge in [0.1, 0.15) is 26.4 Å². The van der Waals surface area contributed by atoms with Crippen LogP contribution in [0.3, 0.4) is 0 Å². The molecule has 0 fully saturated rings. The van der Waals surface area contributed by atoms with Gasteiger partial charge in [0.2, 0.25) is 0 Å². The van der Waals surface area contributed by atoms with Gasteiger partial charge in [0.05, 0.1) is 0 Å². The SMILES string of the molecule is CCC(F)(F)C(F)(F)C(F)(F)CO[P+]1=NP(OCC(F)(F)C(F)(F)C(F)(F)C(F)(F)C(F)(F)C(F)(F)C(F)(F)F)(OCC(F)(F)C(F)(F)C(F)(F)C(F)(F)C(F)(F)C(F)(F)C(F)(F)F)=NP(OCC(F)(F)C(F)(F)C(F)(F)C(F)(F)C(F)(F)C(F)(F)C(F)(F)F)(OCC(F)(F)C(F)(F)C(F)(F)C(F)(F)C(F)(F)C(F)(F)C(F)(F)F)=N1. The van der Waals surface area contributed by atoms with Gasteiger partial charge in [0.25, 0.3) is 0 Å². The first-order chi connectivity index (χ1) is 48.9. The van der Waals surface area contributed by atoms with Crippen molar-refractivity contribution in [2.75, 3.05) is 33.0 Å². The summed E-state index contributed by atoms with van der Waals surface area (Å²) in [5, 5.41) is 0. The van der Waals surface area contributed by atoms with E-state index < -0.39 is 254 Å². The van der Waals surface area contributed by atoms with Crippen molar-refractivity contribution in [3.05, 3.63) is 0 Å². The highest BCUT2D eigenvalue weighted by atomic mass is 31.3. The van der Waals surface area contributed by atoms with E-state index in [1.165, 1.54) is 9.03 Å². The number of nitrogens with zero attached hydrogens (tertiary/aromatic N) is 3. The summed E-state index contributed by atoms with van der Waals surface area (Å²) in [6.07, 6.45) is -38.0. The van der Waals surface area contributed by atoms with Gasteiger partial charge in [-0.1, -0.05) is 6.92 Å². The molecule has 0 aromatic heterocycles. The molecular formula is C38H15F66N3O5P3+. The lowest BCUT2D eigenvalue weighted by Gasteiger charge is -2.42. The summed E-state index contributed by atoms with van der Waals surface area (Å²) in [6, 6.07) is 0. The molecule has 0 spiro atoms. The third-order valence-corrected chi connectivity index (χ3v) is 20.6. The molecule has 1 heterocycles. The third kappa shape index (κ3) is 15.9. The minimum absolute atomic E-state index is 0.512. The Morgan fingerprint density at radius 3 is 0.522 bits per heavy atom. The molecule has 0 N–H and O–H groups in total. The molecule has 77 heteroatoms. The maximum Gasteiger partial charge on any atom is 0.547 e. The lowest BCUT2D eigenvalue weighted by Crippen LogP contribution is -2.73. The Labute approximate surface area is 581 Å². The Morgan fingerprint density at radius 2 is 0.348 bits per heavy atom. The van der Waals surface area contributed by atoms with Gasteiger partial charge in [-0.25, -0.2) is 0 Å². The van der Waals surface area contributed by atoms with E-state index in [0.717, 1.165) is 4.52 Å². The van der Waals surface area contributed by atoms with Crippen molar-refractivity contribution in [1.29, 1.82) is 0 Å². The van der Waals surface area contributed by atoms with Crippen LogP contribution >= 0.6 is 23.4 Å². The zero-order valence-electron chi connectivity index (χ0n) is 50.4. The molecular weight excluding hydrogens is 1930 g/mol. The van der Waals surface area contributed by atoms with Crippen molar-refractivity contribution < 1.29 is 312 Å². The fourth-order valence-electron chi connectivity index (χ4n) is 6.46. The van der Waals surface area contributed by atoms with Crippen LogP contribution in [0, 0.1) is 0 Å². The molecule has 0 amide bonds. The number of halogens is 66. The normalized spacial score (nSPS) is 18.5. The molecule has 0 saturated heterocycles. The molecule has 1 aliphatic rings. The Kier molecular flexibility index (Phi) is 27.6. The van der Waals surface area contributed by atoms with Crippen LogP contribution in [0.15, 0.2) is 13.5 Å². The Balaban J connectivity index is 5.70. The minimum atomic E-state index is -10.0. The molecule has 8 nitrogen and oxygen atoms in total. The summed E-state index contributed by atoms with van der Waals surface area (Å²) in [5.74, 6) is -254. The van der Waals surface area contributed by atoms with Gasteiger partial charge in [-0.3, -0.25) is 18.1 Å². The fraction of sp³-hybridized carbons (Fsp3) is 1.00. The average Bonchev–Trinajstić information content (AvgIpc) is 0.713. The van der Waals surface area contributed by atoms with Crippen molar-refractivity contribution in [3.8, 4) is 0 Å². The van der Waals surface area contributed by atoms with Crippen molar-refractivity contribution in [1.82, 2.24) is 0 Å². The van der Waals surface area contributed by atoms with Gasteiger partial charge >= 0.3 is 208 Å². The zero-order valence-corrected chi connectivity index (χ0v) is 53.1. The van der Waals surface area contributed by atoms with E-state index in [9.17, 15) is 211 Å². The molecule has 1 unspecified atom stereocenters. The maximum absolute atomic E-state index is 15.5. The average molecular weight is 1940 g/mol. The maximum atomic E-state index is 15.5. The van der Waals surface area contributed by atoms with E-state index in [0.29, 0.717) is 0 Å². The van der Waals surface area contributed by atoms with Crippen molar-refractivity contribution in [3.63, 3.8) is 0 Å². The molecule has 688 valence electrons. The van der Waals surface area contributed by atoms with E-state index in [4.69, 9.17) is 0 Å². The zero-order chi connectivity index (χ0) is 94.0. The molecule has 1 rings (SSSR count). The topological polar surface area (TPSA) is 83.2 Å². The second-order valence-electron chi connectivity index (χ2n) is 21.5. The van der Waals surface area contributed by atoms with Crippen LogP contribution in [0.4, 0.5) is 290 Å². The van der Waals surface area contributed by atoms with Crippen LogP contribution in [0.2, 0.25) is 0 Å². The highest BCUT2D eigenvalue weighted by molar-refractivity contribution is 7.74. The number of hydrogen-bond acceptors (Lipinski definition) is 8. The van der Waals surface area contributed by atoms with E-state index >= 15 is 79.0 Å². The van der Waals surface area contributed by atoms with Gasteiger partial charge in [0.15, 0.2) is 6.61 Å². The number of rotatable bonds is 38. The standard InChI is InChI=1S/C38H15F66N3O5P3/c1-2-8(39,40)14(51,52)9(41,42)3-108-113-105-114(109-4-10(43,44)15(53,54)19(61,62)23(69,70)27(77,78)31(85,86)35(93,94)95,110-5-11(45,46)16(55,56)20(63,64)24(71,72)28(79,80)32(87,88)36(96,97)98)107-115(106-113,111-6-12(47,48)17(57,58)21(65,66)25(73,74)29(81,82)33(89,90)37(99,100)101)112-7-13(49,50)18(59,60)22(67,68)26(75,76)30(83,84)34(91,92)38(102,103)104/h2-7H2,1H3/q+1. The number of hydrogen-bond donors (Lipinski definition) is 0. The van der Waals surface area contributed by atoms with Gasteiger partial charge in [-0.2, -0.15) is 290 Å². The van der Waals surface area contributed by atoms with Gasteiger partial charge in [-0.05, 0) is 0 Å². The molecule has 0 aromatic carbocycles. The molecule has 115 heavy (non-hydrogen) atoms. The van der Waals surface area contributed by atoms with Crippen molar-refractivity contribution >= 4 is 23.4 Å². The quantitative estimate of drug-likeness (QED) is 0.0454. The molecule has 1 atom stereocenters. The summed E-state index contributed by atoms with van der Waals surface area (Å²) in [7, 11) is -27.0. The van der Waals surface area contributed by atoms with Gasteiger partial charge in [0, 0.05) is 15.5 Å². The van der Waals surface area contributed by atoms with Crippen LogP contribution in [0.25, 0.3) is 0 Å². The van der Waals surface area contributed by atoms with Gasteiger partial charge < -0.3 is 0 Å². The predicted octanol–water partition coefficient (Wildman–Crippen LogP) is 25.3. The van der Waals surface area contributed by atoms with E-state index in [1.54, 1.807) is 0 Å². The molecule has 0 aromatic rings. The summed E-state index contributed by atoms with van der Waals surface area (Å²) in [4.78, 5) is 0.